The van der Waals surface area contributed by atoms with E-state index in [2.05, 4.69) is 22.0 Å². The highest BCUT2D eigenvalue weighted by atomic mass is 16.5. The number of aromatic hydroxyl groups is 1. The topological polar surface area (TPSA) is 69.6 Å². The smallest absolute Gasteiger partial charge is 0.194 e. The van der Waals surface area contributed by atoms with E-state index in [0.29, 0.717) is 18.0 Å². The van der Waals surface area contributed by atoms with Crippen LogP contribution in [0.1, 0.15) is 12.5 Å². The second kappa shape index (κ2) is 9.91. The van der Waals surface area contributed by atoms with Crippen LogP contribution in [0.5, 0.6) is 17.2 Å². The van der Waals surface area contributed by atoms with Gasteiger partial charge in [-0.3, -0.25) is 0 Å². The summed E-state index contributed by atoms with van der Waals surface area (Å²) < 4.78 is 10.9. The van der Waals surface area contributed by atoms with Crippen molar-refractivity contribution in [3.05, 3.63) is 48.0 Å². The van der Waals surface area contributed by atoms with Gasteiger partial charge in [0.05, 0.1) is 26.5 Å². The minimum atomic E-state index is 0.326. The fraction of sp³-hybridized carbons (Fsp3) is 0.409. The summed E-state index contributed by atoms with van der Waals surface area (Å²) in [4.78, 5) is 9.30. The SMILES string of the molecule is CCNC(=NCc1cccc(OC)c1OC)N1CCN(c2ccccc2O)CC1. The highest BCUT2D eigenvalue weighted by Crippen LogP contribution is 2.31. The number of hydrogen-bond donors (Lipinski definition) is 2. The Kier molecular flexibility index (Phi) is 7.05. The van der Waals surface area contributed by atoms with Gasteiger partial charge in [0, 0.05) is 38.3 Å². The van der Waals surface area contributed by atoms with Crippen molar-refractivity contribution in [3.63, 3.8) is 0 Å². The van der Waals surface area contributed by atoms with Crippen LogP contribution in [0.15, 0.2) is 47.5 Å². The van der Waals surface area contributed by atoms with Crippen LogP contribution in [-0.4, -0.2) is 62.9 Å². The number of phenolic OH excluding ortho intramolecular Hbond substituents is 1. The highest BCUT2D eigenvalue weighted by Gasteiger charge is 2.21. The van der Waals surface area contributed by atoms with Gasteiger partial charge in [-0.2, -0.15) is 0 Å². The number of rotatable bonds is 6. The largest absolute Gasteiger partial charge is 0.506 e. The molecule has 0 unspecified atom stereocenters. The third-order valence-corrected chi connectivity index (χ3v) is 5.02. The molecule has 29 heavy (non-hydrogen) atoms. The first kappa shape index (κ1) is 20.6. The van der Waals surface area contributed by atoms with Crippen LogP contribution in [-0.2, 0) is 6.54 Å². The molecule has 3 rings (SSSR count). The van der Waals surface area contributed by atoms with E-state index in [4.69, 9.17) is 14.5 Å². The normalized spacial score (nSPS) is 14.7. The summed E-state index contributed by atoms with van der Waals surface area (Å²) in [5.41, 5.74) is 1.87. The number of guanidine groups is 1. The molecule has 156 valence electrons. The molecule has 7 heteroatoms. The van der Waals surface area contributed by atoms with Gasteiger partial charge in [-0.25, -0.2) is 4.99 Å². The zero-order valence-corrected chi connectivity index (χ0v) is 17.4. The Bertz CT molecular complexity index is 833. The predicted octanol–water partition coefficient (Wildman–Crippen LogP) is 2.70. The fourth-order valence-electron chi connectivity index (χ4n) is 3.55. The van der Waals surface area contributed by atoms with E-state index in [-0.39, 0.29) is 0 Å². The molecule has 0 bridgehead atoms. The number of nitrogens with one attached hydrogen (secondary N) is 1. The molecule has 0 atom stereocenters. The molecule has 7 nitrogen and oxygen atoms in total. The number of methoxy groups -OCH3 is 2. The molecule has 0 aromatic heterocycles. The first-order chi connectivity index (χ1) is 14.2. The molecule has 0 spiro atoms. The van der Waals surface area contributed by atoms with Crippen LogP contribution in [0.3, 0.4) is 0 Å². The van der Waals surface area contributed by atoms with Crippen LogP contribution in [0.25, 0.3) is 0 Å². The minimum absolute atomic E-state index is 0.326. The van der Waals surface area contributed by atoms with E-state index in [0.717, 1.165) is 55.7 Å². The Morgan fingerprint density at radius 1 is 1.03 bits per heavy atom. The molecule has 1 aliphatic rings. The molecule has 0 amide bonds. The Hall–Kier alpha value is -3.09. The van der Waals surface area contributed by atoms with Crippen molar-refractivity contribution in [2.75, 3.05) is 51.8 Å². The maximum atomic E-state index is 10.1. The lowest BCUT2D eigenvalue weighted by atomic mass is 10.2. The van der Waals surface area contributed by atoms with Crippen LogP contribution in [0.4, 0.5) is 5.69 Å². The third kappa shape index (κ3) is 4.85. The number of aliphatic imine (C=N–C) groups is 1. The lowest BCUT2D eigenvalue weighted by Gasteiger charge is -2.37. The number of anilines is 1. The number of hydrogen-bond acceptors (Lipinski definition) is 5. The summed E-state index contributed by atoms with van der Waals surface area (Å²) in [6, 6.07) is 13.3. The van der Waals surface area contributed by atoms with Gasteiger partial charge in [-0.1, -0.05) is 24.3 Å². The van der Waals surface area contributed by atoms with Gasteiger partial charge in [-0.15, -0.1) is 0 Å². The van der Waals surface area contributed by atoms with E-state index >= 15 is 0 Å². The summed E-state index contributed by atoms with van der Waals surface area (Å²) in [7, 11) is 3.29. The van der Waals surface area contributed by atoms with Gasteiger partial charge in [0.2, 0.25) is 0 Å². The van der Waals surface area contributed by atoms with Crippen molar-refractivity contribution < 1.29 is 14.6 Å². The molecule has 1 fully saturated rings. The number of phenols is 1. The summed E-state index contributed by atoms with van der Waals surface area (Å²) >= 11 is 0. The zero-order valence-electron chi connectivity index (χ0n) is 17.4. The molecule has 1 saturated heterocycles. The summed E-state index contributed by atoms with van der Waals surface area (Å²) in [5, 5.41) is 13.5. The van der Waals surface area contributed by atoms with Crippen LogP contribution in [0.2, 0.25) is 0 Å². The van der Waals surface area contributed by atoms with Crippen molar-refractivity contribution in [2.45, 2.75) is 13.5 Å². The summed E-state index contributed by atoms with van der Waals surface area (Å²) in [5.74, 6) is 2.64. The highest BCUT2D eigenvalue weighted by molar-refractivity contribution is 5.80. The molecule has 0 radical (unpaired) electrons. The Labute approximate surface area is 172 Å². The van der Waals surface area contributed by atoms with Crippen molar-refractivity contribution in [3.8, 4) is 17.2 Å². The van der Waals surface area contributed by atoms with E-state index in [1.165, 1.54) is 0 Å². The quantitative estimate of drug-likeness (QED) is 0.576. The zero-order chi connectivity index (χ0) is 20.6. The van der Waals surface area contributed by atoms with Gasteiger partial charge in [0.25, 0.3) is 0 Å². The Morgan fingerprint density at radius 2 is 1.79 bits per heavy atom. The van der Waals surface area contributed by atoms with E-state index in [1.54, 1.807) is 20.3 Å². The lowest BCUT2D eigenvalue weighted by molar-refractivity contribution is 0.351. The molecule has 0 saturated carbocycles. The molecule has 0 aliphatic carbocycles. The van der Waals surface area contributed by atoms with Crippen LogP contribution in [0, 0.1) is 0 Å². The molecule has 1 aliphatic heterocycles. The van der Waals surface area contributed by atoms with Gasteiger partial charge >= 0.3 is 0 Å². The monoisotopic (exact) mass is 398 g/mol. The summed E-state index contributed by atoms with van der Waals surface area (Å²) in [6.45, 7) is 6.68. The lowest BCUT2D eigenvalue weighted by Crippen LogP contribution is -2.52. The minimum Gasteiger partial charge on any atom is -0.506 e. The van der Waals surface area contributed by atoms with Gasteiger partial charge in [-0.05, 0) is 25.1 Å². The Morgan fingerprint density at radius 3 is 2.45 bits per heavy atom. The summed E-state index contributed by atoms with van der Waals surface area (Å²) in [6.07, 6.45) is 0. The maximum Gasteiger partial charge on any atom is 0.194 e. The molecule has 1 heterocycles. The third-order valence-electron chi connectivity index (χ3n) is 5.02. The molecule has 2 aromatic carbocycles. The average Bonchev–Trinajstić information content (AvgIpc) is 2.76. The van der Waals surface area contributed by atoms with Gasteiger partial charge < -0.3 is 29.7 Å². The van der Waals surface area contributed by atoms with Crippen molar-refractivity contribution in [1.82, 2.24) is 10.2 Å². The van der Waals surface area contributed by atoms with Gasteiger partial charge in [0.1, 0.15) is 5.75 Å². The number of benzene rings is 2. The molecular formula is C22H30N4O3. The van der Waals surface area contributed by atoms with Crippen molar-refractivity contribution >= 4 is 11.6 Å². The predicted molar refractivity (Wildman–Crippen MR) is 116 cm³/mol. The molecular weight excluding hydrogens is 368 g/mol. The van der Waals surface area contributed by atoms with Crippen LogP contribution >= 0.6 is 0 Å². The molecule has 2 aromatic rings. The van der Waals surface area contributed by atoms with Crippen molar-refractivity contribution in [2.24, 2.45) is 4.99 Å². The van der Waals surface area contributed by atoms with Crippen molar-refractivity contribution in [1.29, 1.82) is 0 Å². The fourth-order valence-corrected chi connectivity index (χ4v) is 3.55. The van der Waals surface area contributed by atoms with Gasteiger partial charge in [0.15, 0.2) is 17.5 Å². The standard InChI is InChI=1S/C22H30N4O3/c1-4-23-22(24-16-17-8-7-11-20(28-2)21(17)29-3)26-14-12-25(13-15-26)18-9-5-6-10-19(18)27/h5-11,27H,4,12-16H2,1-3H3,(H,23,24). The average molecular weight is 399 g/mol. The number of piperazine rings is 1. The first-order valence-electron chi connectivity index (χ1n) is 9.94. The van der Waals surface area contributed by atoms with Crippen LogP contribution < -0.4 is 19.7 Å². The number of nitrogens with zero attached hydrogens (tertiary/aromatic N) is 3. The van der Waals surface area contributed by atoms with E-state index < -0.39 is 0 Å². The maximum absolute atomic E-state index is 10.1. The number of ether oxygens (including phenoxy) is 2. The second-order valence-corrected chi connectivity index (χ2v) is 6.79. The molecule has 2 N–H and O–H groups in total. The van der Waals surface area contributed by atoms with E-state index in [9.17, 15) is 5.11 Å². The first-order valence-corrected chi connectivity index (χ1v) is 9.94. The second-order valence-electron chi connectivity index (χ2n) is 6.79. The Balaban J connectivity index is 1.70. The number of para-hydroxylation sites is 3. The van der Waals surface area contributed by atoms with E-state index in [1.807, 2.05) is 36.4 Å².